The number of carbonyl (C=O) groups excluding carboxylic acids is 1. The van der Waals surface area contributed by atoms with Crippen molar-refractivity contribution in [2.24, 2.45) is 5.73 Å². The minimum atomic E-state index is -0.106. The summed E-state index contributed by atoms with van der Waals surface area (Å²) in [6.07, 6.45) is 0.252. The number of thiazole rings is 2. The third kappa shape index (κ3) is 3.34. The summed E-state index contributed by atoms with van der Waals surface area (Å²) >= 11 is 2.90. The molecule has 0 aliphatic heterocycles. The van der Waals surface area contributed by atoms with E-state index in [2.05, 4.69) is 15.3 Å². The molecule has 0 aliphatic rings. The Hall–Kier alpha value is -1.31. The van der Waals surface area contributed by atoms with Gasteiger partial charge in [-0.15, -0.1) is 22.7 Å². The molecule has 0 bridgehead atoms. The first-order valence-corrected chi connectivity index (χ1v) is 7.22. The van der Waals surface area contributed by atoms with E-state index in [9.17, 15) is 4.79 Å². The van der Waals surface area contributed by atoms with Crippen molar-refractivity contribution in [3.63, 3.8) is 0 Å². The highest BCUT2D eigenvalue weighted by atomic mass is 32.1. The molecule has 2 rings (SSSR count). The van der Waals surface area contributed by atoms with E-state index < -0.39 is 0 Å². The number of hydrogen-bond acceptors (Lipinski definition) is 6. The highest BCUT2D eigenvalue weighted by Crippen LogP contribution is 2.17. The molecule has 0 saturated carbocycles. The van der Waals surface area contributed by atoms with Crippen LogP contribution < -0.4 is 11.1 Å². The van der Waals surface area contributed by atoms with E-state index in [4.69, 9.17) is 5.73 Å². The van der Waals surface area contributed by atoms with Crippen molar-refractivity contribution in [2.75, 3.05) is 5.32 Å². The van der Waals surface area contributed by atoms with Crippen molar-refractivity contribution < 1.29 is 4.79 Å². The van der Waals surface area contributed by atoms with E-state index in [1.807, 2.05) is 24.6 Å². The number of rotatable bonds is 4. The Bertz CT molecular complexity index is 547. The van der Waals surface area contributed by atoms with Gasteiger partial charge in [-0.3, -0.25) is 4.79 Å². The molecule has 0 radical (unpaired) electrons. The fourth-order valence-corrected chi connectivity index (χ4v) is 2.83. The maximum Gasteiger partial charge on any atom is 0.232 e. The number of amides is 1. The number of nitrogens with one attached hydrogen (secondary N) is 1. The van der Waals surface area contributed by atoms with Crippen molar-refractivity contribution in [3.8, 4) is 0 Å². The number of hydrogen-bond donors (Lipinski definition) is 2. The molecule has 96 valence electrons. The van der Waals surface area contributed by atoms with Gasteiger partial charge in [-0.1, -0.05) is 0 Å². The Balaban J connectivity index is 1.94. The van der Waals surface area contributed by atoms with Gasteiger partial charge >= 0.3 is 0 Å². The molecule has 5 nitrogen and oxygen atoms in total. The zero-order valence-electron chi connectivity index (χ0n) is 10.1. The van der Waals surface area contributed by atoms with Crippen LogP contribution in [0.25, 0.3) is 0 Å². The van der Waals surface area contributed by atoms with E-state index >= 15 is 0 Å². The van der Waals surface area contributed by atoms with Gasteiger partial charge in [-0.05, 0) is 13.8 Å². The molecule has 0 saturated heterocycles. The average molecular weight is 282 g/mol. The lowest BCUT2D eigenvalue weighted by Crippen LogP contribution is -2.14. The summed E-state index contributed by atoms with van der Waals surface area (Å²) in [4.78, 5) is 20.2. The Kier molecular flexibility index (Phi) is 4.05. The Morgan fingerprint density at radius 3 is 2.78 bits per heavy atom. The van der Waals surface area contributed by atoms with Gasteiger partial charge in [0.2, 0.25) is 5.91 Å². The van der Waals surface area contributed by atoms with Gasteiger partial charge in [0, 0.05) is 10.8 Å². The van der Waals surface area contributed by atoms with Crippen LogP contribution in [0.15, 0.2) is 10.8 Å². The van der Waals surface area contributed by atoms with E-state index in [1.54, 1.807) is 0 Å². The summed E-state index contributed by atoms with van der Waals surface area (Å²) in [5.74, 6) is -0.106. The average Bonchev–Trinajstić information content (AvgIpc) is 2.88. The Labute approximate surface area is 113 Å². The summed E-state index contributed by atoms with van der Waals surface area (Å²) < 4.78 is 0. The summed E-state index contributed by atoms with van der Waals surface area (Å²) in [6.45, 7) is 3.77. The lowest BCUT2D eigenvalue weighted by molar-refractivity contribution is -0.115. The van der Waals surface area contributed by atoms with Crippen LogP contribution in [0.5, 0.6) is 0 Å². The molecule has 1 amide bonds. The first-order chi connectivity index (χ1) is 8.54. The minimum absolute atomic E-state index is 0.0894. The molecule has 2 aromatic rings. The number of anilines is 1. The fraction of sp³-hybridized carbons (Fsp3) is 0.364. The van der Waals surface area contributed by atoms with Crippen LogP contribution in [0.3, 0.4) is 0 Å². The zero-order chi connectivity index (χ0) is 13.1. The number of carbonyl (C=O) groups is 1. The predicted octanol–water partition coefficient (Wildman–Crippen LogP) is 2.11. The van der Waals surface area contributed by atoms with Crippen LogP contribution in [-0.4, -0.2) is 15.9 Å². The minimum Gasteiger partial charge on any atom is -0.322 e. The van der Waals surface area contributed by atoms with Gasteiger partial charge in [0.05, 0.1) is 23.9 Å². The zero-order valence-corrected chi connectivity index (χ0v) is 11.8. The van der Waals surface area contributed by atoms with Gasteiger partial charge in [0.1, 0.15) is 5.01 Å². The van der Waals surface area contributed by atoms with Crippen molar-refractivity contribution >= 4 is 33.7 Å². The molecule has 1 atom stereocenters. The van der Waals surface area contributed by atoms with Crippen LogP contribution >= 0.6 is 22.7 Å². The quantitative estimate of drug-likeness (QED) is 0.900. The van der Waals surface area contributed by atoms with Crippen molar-refractivity contribution in [2.45, 2.75) is 26.3 Å². The maximum absolute atomic E-state index is 11.8. The maximum atomic E-state index is 11.8. The smallest absolute Gasteiger partial charge is 0.232 e. The SMILES string of the molecule is Cc1csc(NC(=O)Cc2csc(C(C)N)n2)n1. The van der Waals surface area contributed by atoms with Crippen LogP contribution in [0, 0.1) is 6.92 Å². The number of nitrogens with zero attached hydrogens (tertiary/aromatic N) is 2. The molecular formula is C11H14N4OS2. The van der Waals surface area contributed by atoms with Crippen LogP contribution in [-0.2, 0) is 11.2 Å². The molecular weight excluding hydrogens is 268 g/mol. The van der Waals surface area contributed by atoms with Crippen LogP contribution in [0.1, 0.15) is 29.4 Å². The lowest BCUT2D eigenvalue weighted by Gasteiger charge is -1.99. The molecule has 1 unspecified atom stereocenters. The number of aryl methyl sites for hydroxylation is 1. The second kappa shape index (κ2) is 5.55. The van der Waals surface area contributed by atoms with Crippen molar-refractivity contribution in [3.05, 3.63) is 27.2 Å². The molecule has 3 N–H and O–H groups in total. The van der Waals surface area contributed by atoms with Gasteiger partial charge in [-0.25, -0.2) is 9.97 Å². The standard InChI is InChI=1S/C11H14N4OS2/c1-6-4-18-11(13-6)15-9(16)3-8-5-17-10(14-8)7(2)12/h4-5,7H,3,12H2,1-2H3,(H,13,15,16). The van der Waals surface area contributed by atoms with E-state index in [-0.39, 0.29) is 18.4 Å². The summed E-state index contributed by atoms with van der Waals surface area (Å²) in [5, 5.41) is 7.99. The normalized spacial score (nSPS) is 12.4. The third-order valence-electron chi connectivity index (χ3n) is 2.17. The molecule has 18 heavy (non-hydrogen) atoms. The van der Waals surface area contributed by atoms with Crippen molar-refractivity contribution in [1.29, 1.82) is 0 Å². The molecule has 0 spiro atoms. The summed E-state index contributed by atoms with van der Waals surface area (Å²) in [6, 6.07) is -0.0894. The predicted molar refractivity (Wildman–Crippen MR) is 73.9 cm³/mol. The van der Waals surface area contributed by atoms with Crippen LogP contribution in [0.2, 0.25) is 0 Å². The largest absolute Gasteiger partial charge is 0.322 e. The van der Waals surface area contributed by atoms with Gasteiger partial charge in [-0.2, -0.15) is 0 Å². The molecule has 0 aliphatic carbocycles. The molecule has 0 aromatic carbocycles. The Morgan fingerprint density at radius 1 is 1.44 bits per heavy atom. The van der Waals surface area contributed by atoms with Gasteiger partial charge in [0.25, 0.3) is 0 Å². The van der Waals surface area contributed by atoms with Crippen molar-refractivity contribution in [1.82, 2.24) is 9.97 Å². The first-order valence-electron chi connectivity index (χ1n) is 5.46. The van der Waals surface area contributed by atoms with Gasteiger partial charge in [0.15, 0.2) is 5.13 Å². The molecule has 2 heterocycles. The highest BCUT2D eigenvalue weighted by Gasteiger charge is 2.11. The summed E-state index contributed by atoms with van der Waals surface area (Å²) in [5.41, 5.74) is 7.38. The first kappa shape index (κ1) is 13.1. The van der Waals surface area contributed by atoms with E-state index in [0.717, 1.165) is 16.4 Å². The topological polar surface area (TPSA) is 80.9 Å². The van der Waals surface area contributed by atoms with Gasteiger partial charge < -0.3 is 11.1 Å². The fourth-order valence-electron chi connectivity index (χ4n) is 1.35. The highest BCUT2D eigenvalue weighted by molar-refractivity contribution is 7.13. The second-order valence-electron chi connectivity index (χ2n) is 3.98. The van der Waals surface area contributed by atoms with E-state index in [1.165, 1.54) is 22.7 Å². The molecule has 7 heteroatoms. The molecule has 0 fully saturated rings. The van der Waals surface area contributed by atoms with Crippen LogP contribution in [0.4, 0.5) is 5.13 Å². The molecule has 2 aromatic heterocycles. The monoisotopic (exact) mass is 282 g/mol. The second-order valence-corrected chi connectivity index (χ2v) is 5.73. The number of nitrogens with two attached hydrogens (primary N) is 1. The number of aromatic nitrogens is 2. The Morgan fingerprint density at radius 2 is 2.22 bits per heavy atom. The summed E-state index contributed by atoms with van der Waals surface area (Å²) in [7, 11) is 0. The third-order valence-corrected chi connectivity index (χ3v) is 4.14. The lowest BCUT2D eigenvalue weighted by atomic mass is 10.3. The van der Waals surface area contributed by atoms with E-state index in [0.29, 0.717) is 5.13 Å².